The molecule has 188 valence electrons. The van der Waals surface area contributed by atoms with Gasteiger partial charge >= 0.3 is 11.9 Å². The Labute approximate surface area is 199 Å². The van der Waals surface area contributed by atoms with Gasteiger partial charge in [-0.25, -0.2) is 0 Å². The number of esters is 2. The molecule has 6 heteroatoms. The maximum Gasteiger partial charge on any atom is 0.306 e. The first-order valence-corrected chi connectivity index (χ1v) is 12.7. The van der Waals surface area contributed by atoms with Crippen LogP contribution in [0.1, 0.15) is 87.0 Å². The summed E-state index contributed by atoms with van der Waals surface area (Å²) >= 11 is 0. The van der Waals surface area contributed by atoms with Crippen LogP contribution in [0.4, 0.5) is 0 Å². The van der Waals surface area contributed by atoms with E-state index in [9.17, 15) is 14.7 Å². The van der Waals surface area contributed by atoms with E-state index >= 15 is 0 Å². The summed E-state index contributed by atoms with van der Waals surface area (Å²) in [6.45, 7) is 17.9. The van der Waals surface area contributed by atoms with E-state index in [-0.39, 0.29) is 41.9 Å². The third-order valence-electron chi connectivity index (χ3n) is 8.15. The lowest BCUT2D eigenvalue weighted by molar-refractivity contribution is -0.180. The molecular formula is C27H44O6. The molecule has 0 amide bonds. The smallest absolute Gasteiger partial charge is 0.306 e. The number of hydrogen-bond acceptors (Lipinski definition) is 6. The van der Waals surface area contributed by atoms with Gasteiger partial charge in [0, 0.05) is 31.6 Å². The first kappa shape index (κ1) is 26.2. The fourth-order valence-corrected chi connectivity index (χ4v) is 6.61. The molecule has 1 N–H and O–H groups in total. The molecule has 8 atom stereocenters. The molecule has 2 bridgehead atoms. The summed E-state index contributed by atoms with van der Waals surface area (Å²) in [5.74, 6) is 0.660. The topological polar surface area (TPSA) is 82.1 Å². The first-order valence-electron chi connectivity index (χ1n) is 12.7. The maximum atomic E-state index is 12.5. The van der Waals surface area contributed by atoms with Crippen molar-refractivity contribution in [1.29, 1.82) is 0 Å². The highest BCUT2D eigenvalue weighted by atomic mass is 16.6. The molecule has 0 unspecified atom stereocenters. The van der Waals surface area contributed by atoms with Gasteiger partial charge in [0.15, 0.2) is 0 Å². The molecule has 3 rings (SSSR count). The maximum absolute atomic E-state index is 12.5. The lowest BCUT2D eigenvalue weighted by Crippen LogP contribution is -2.52. The van der Waals surface area contributed by atoms with Gasteiger partial charge < -0.3 is 19.3 Å². The molecular weight excluding hydrogens is 420 g/mol. The van der Waals surface area contributed by atoms with Crippen LogP contribution in [0.3, 0.4) is 0 Å². The van der Waals surface area contributed by atoms with Gasteiger partial charge in [-0.3, -0.25) is 9.59 Å². The van der Waals surface area contributed by atoms with Gasteiger partial charge in [-0.05, 0) is 57.3 Å². The Hall–Kier alpha value is -1.40. The van der Waals surface area contributed by atoms with E-state index < -0.39 is 17.3 Å². The van der Waals surface area contributed by atoms with Crippen LogP contribution in [0.25, 0.3) is 0 Å². The second-order valence-corrected chi connectivity index (χ2v) is 11.9. The molecule has 0 aromatic carbocycles. The Bertz CT molecular complexity index is 756. The highest BCUT2D eigenvalue weighted by molar-refractivity contribution is 5.70. The van der Waals surface area contributed by atoms with Gasteiger partial charge in [-0.2, -0.15) is 0 Å². The highest BCUT2D eigenvalue weighted by Crippen LogP contribution is 2.56. The zero-order valence-corrected chi connectivity index (χ0v) is 21.6. The largest absolute Gasteiger partial charge is 0.459 e. The van der Waals surface area contributed by atoms with Crippen molar-refractivity contribution in [2.45, 2.75) is 117 Å². The van der Waals surface area contributed by atoms with Gasteiger partial charge in [0.2, 0.25) is 0 Å². The molecule has 3 fully saturated rings. The normalized spacial score (nSPS) is 41.2. The van der Waals surface area contributed by atoms with Gasteiger partial charge in [-0.15, -0.1) is 0 Å². The van der Waals surface area contributed by atoms with Crippen LogP contribution in [0.15, 0.2) is 12.2 Å². The Morgan fingerprint density at radius 1 is 1.21 bits per heavy atom. The molecule has 6 nitrogen and oxygen atoms in total. The van der Waals surface area contributed by atoms with E-state index in [0.29, 0.717) is 37.5 Å². The van der Waals surface area contributed by atoms with Crippen LogP contribution in [0, 0.1) is 29.6 Å². The van der Waals surface area contributed by atoms with E-state index in [1.165, 1.54) is 6.92 Å². The van der Waals surface area contributed by atoms with Crippen molar-refractivity contribution in [1.82, 2.24) is 0 Å². The standard InChI is InChI=1S/C27H44O6/c1-15(2)13-22(29)32-21-11-12-27(8,33-18(6)28)25-24-19(16(3)4)10-9-17(5)23(24)20(31-25)14-26(21,7)30/h15-16,19-21,23-25,30H,5,9-14H2,1-4,6-8H3/t19-,20-,21+,23-,24-,25-,26+,27-/m0/s1. The number of fused-ring (bicyclic) bond motifs is 5. The monoisotopic (exact) mass is 464 g/mol. The molecule has 2 aliphatic heterocycles. The van der Waals surface area contributed by atoms with Crippen LogP contribution in [0.2, 0.25) is 0 Å². The molecule has 1 saturated carbocycles. The number of hydrogen-bond donors (Lipinski definition) is 1. The van der Waals surface area contributed by atoms with Crippen LogP contribution >= 0.6 is 0 Å². The molecule has 0 radical (unpaired) electrons. The summed E-state index contributed by atoms with van der Waals surface area (Å²) in [4.78, 5) is 24.7. The first-order chi connectivity index (χ1) is 15.2. The SMILES string of the molecule is C=C1CC[C@@H](C(C)C)[C@H]2[C@@H]1[C@@H]1C[C@@](C)(O)[C@H](OC(=O)CC(C)C)CC[C@](C)(OC(C)=O)[C@H]2O1. The van der Waals surface area contributed by atoms with Crippen molar-refractivity contribution in [2.75, 3.05) is 0 Å². The number of carbonyl (C=O) groups excluding carboxylic acids is 2. The van der Waals surface area contributed by atoms with Crippen LogP contribution in [0.5, 0.6) is 0 Å². The predicted octanol–water partition coefficient (Wildman–Crippen LogP) is 4.82. The van der Waals surface area contributed by atoms with Crippen LogP contribution in [-0.2, 0) is 23.8 Å². The summed E-state index contributed by atoms with van der Waals surface area (Å²) in [5, 5.41) is 11.6. The van der Waals surface area contributed by atoms with Gasteiger partial charge in [-0.1, -0.05) is 39.8 Å². The summed E-state index contributed by atoms with van der Waals surface area (Å²) in [5.41, 5.74) is -0.986. The van der Waals surface area contributed by atoms with E-state index in [1.54, 1.807) is 6.92 Å². The Balaban J connectivity index is 2.01. The number of rotatable bonds is 5. The van der Waals surface area contributed by atoms with E-state index in [0.717, 1.165) is 18.4 Å². The Kier molecular flexibility index (Phi) is 7.70. The van der Waals surface area contributed by atoms with Crippen LogP contribution in [-0.4, -0.2) is 46.6 Å². The average molecular weight is 465 g/mol. The Morgan fingerprint density at radius 2 is 1.88 bits per heavy atom. The number of carbonyl (C=O) groups is 2. The summed E-state index contributed by atoms with van der Waals surface area (Å²) < 4.78 is 18.5. The van der Waals surface area contributed by atoms with Crippen molar-refractivity contribution in [3.05, 3.63) is 12.2 Å². The minimum atomic E-state index is -1.26. The summed E-state index contributed by atoms with van der Waals surface area (Å²) in [7, 11) is 0. The van der Waals surface area contributed by atoms with E-state index in [4.69, 9.17) is 14.2 Å². The van der Waals surface area contributed by atoms with E-state index in [2.05, 4.69) is 20.4 Å². The minimum absolute atomic E-state index is 0.0858. The third kappa shape index (κ3) is 5.48. The molecule has 0 spiro atoms. The van der Waals surface area contributed by atoms with Crippen LogP contribution < -0.4 is 0 Å². The molecule has 3 aliphatic rings. The molecule has 33 heavy (non-hydrogen) atoms. The van der Waals surface area contributed by atoms with Crippen molar-refractivity contribution < 1.29 is 28.9 Å². The second kappa shape index (κ2) is 9.69. The van der Waals surface area contributed by atoms with Gasteiger partial charge in [0.25, 0.3) is 0 Å². The number of aliphatic hydroxyl groups is 1. The van der Waals surface area contributed by atoms with Gasteiger partial charge in [0.1, 0.15) is 23.4 Å². The predicted molar refractivity (Wildman–Crippen MR) is 126 cm³/mol. The molecule has 2 heterocycles. The summed E-state index contributed by atoms with van der Waals surface area (Å²) in [6, 6.07) is 0. The lowest BCUT2D eigenvalue weighted by atomic mass is 9.60. The molecule has 2 saturated heterocycles. The zero-order chi connectivity index (χ0) is 24.7. The van der Waals surface area contributed by atoms with Crippen molar-refractivity contribution in [3.8, 4) is 0 Å². The van der Waals surface area contributed by atoms with E-state index in [1.807, 2.05) is 20.8 Å². The third-order valence-corrected chi connectivity index (χ3v) is 8.15. The Morgan fingerprint density at radius 3 is 2.45 bits per heavy atom. The lowest BCUT2D eigenvalue weighted by Gasteiger charge is -2.46. The highest BCUT2D eigenvalue weighted by Gasteiger charge is 2.60. The van der Waals surface area contributed by atoms with Crippen molar-refractivity contribution in [3.63, 3.8) is 0 Å². The quantitative estimate of drug-likeness (QED) is 0.464. The van der Waals surface area contributed by atoms with Crippen molar-refractivity contribution >= 4 is 11.9 Å². The fraction of sp³-hybridized carbons (Fsp3) is 0.852. The second-order valence-electron chi connectivity index (χ2n) is 11.9. The van der Waals surface area contributed by atoms with Crippen molar-refractivity contribution in [2.24, 2.45) is 29.6 Å². The summed E-state index contributed by atoms with van der Waals surface area (Å²) in [6.07, 6.45) is 2.24. The fourth-order valence-electron chi connectivity index (χ4n) is 6.61. The molecule has 0 aromatic rings. The number of ether oxygens (including phenoxy) is 3. The average Bonchev–Trinajstić information content (AvgIpc) is 3.04. The molecule has 0 aromatic heterocycles. The van der Waals surface area contributed by atoms with Gasteiger partial charge in [0.05, 0.1) is 6.10 Å². The molecule has 1 aliphatic carbocycles. The minimum Gasteiger partial charge on any atom is -0.459 e. The zero-order valence-electron chi connectivity index (χ0n) is 21.6.